The average molecular weight is 351 g/mol. The molecule has 0 saturated heterocycles. The third-order valence-electron chi connectivity index (χ3n) is 3.72. The van der Waals surface area contributed by atoms with Crippen molar-refractivity contribution in [1.29, 1.82) is 0 Å². The van der Waals surface area contributed by atoms with Crippen LogP contribution in [0.3, 0.4) is 0 Å². The zero-order valence-electron chi connectivity index (χ0n) is 14.7. The first-order valence-electron chi connectivity index (χ1n) is 8.20. The molecule has 1 unspecified atom stereocenters. The lowest BCUT2D eigenvalue weighted by atomic mass is 9.97. The minimum Gasteiger partial charge on any atom is -0.481 e. The van der Waals surface area contributed by atoms with E-state index in [4.69, 9.17) is 15.1 Å². The smallest absolute Gasteiger partial charge is 0.331 e. The molecule has 0 aliphatic heterocycles. The zero-order chi connectivity index (χ0) is 19.0. The number of carboxylic acid groups (broad SMARTS) is 2. The number of carboxylic acids is 2. The van der Waals surface area contributed by atoms with Crippen LogP contribution in [0, 0.1) is 5.92 Å². The van der Waals surface area contributed by atoms with E-state index in [-0.39, 0.29) is 12.8 Å². The monoisotopic (exact) mass is 351 g/mol. The van der Waals surface area contributed by atoms with Gasteiger partial charge in [-0.15, -0.1) is 5.48 Å². The summed E-state index contributed by atoms with van der Waals surface area (Å²) in [4.78, 5) is 38.5. The largest absolute Gasteiger partial charge is 0.481 e. The second kappa shape index (κ2) is 9.78. The van der Waals surface area contributed by atoms with Crippen molar-refractivity contribution in [2.45, 2.75) is 52.0 Å². The molecule has 3 N–H and O–H groups in total. The van der Waals surface area contributed by atoms with Gasteiger partial charge in [-0.25, -0.2) is 4.79 Å². The van der Waals surface area contributed by atoms with Gasteiger partial charge in [-0.05, 0) is 36.8 Å². The first-order valence-corrected chi connectivity index (χ1v) is 8.20. The number of hydrogen-bond acceptors (Lipinski definition) is 5. The average Bonchev–Trinajstić information content (AvgIpc) is 2.53. The molecule has 2 atom stereocenters. The summed E-state index contributed by atoms with van der Waals surface area (Å²) in [6.45, 7) is 5.92. The molecule has 1 aromatic rings. The van der Waals surface area contributed by atoms with Gasteiger partial charge in [0.15, 0.2) is 0 Å². The van der Waals surface area contributed by atoms with Gasteiger partial charge in [0.05, 0.1) is 5.92 Å². The van der Waals surface area contributed by atoms with Crippen LogP contribution in [0.25, 0.3) is 0 Å². The minimum absolute atomic E-state index is 0.184. The van der Waals surface area contributed by atoms with Crippen molar-refractivity contribution in [3.05, 3.63) is 35.4 Å². The predicted octanol–water partition coefficient (Wildman–Crippen LogP) is 2.35. The molecule has 0 radical (unpaired) electrons. The van der Waals surface area contributed by atoms with Crippen LogP contribution in [0.2, 0.25) is 0 Å². The Morgan fingerprint density at radius 2 is 1.68 bits per heavy atom. The maximum atomic E-state index is 12.1. The fourth-order valence-corrected chi connectivity index (χ4v) is 2.27. The van der Waals surface area contributed by atoms with Crippen LogP contribution in [0.1, 0.15) is 50.7 Å². The molecular weight excluding hydrogens is 326 g/mol. The van der Waals surface area contributed by atoms with Crippen LogP contribution < -0.4 is 5.48 Å². The highest BCUT2D eigenvalue weighted by molar-refractivity contribution is 5.78. The second-order valence-corrected chi connectivity index (χ2v) is 6.42. The van der Waals surface area contributed by atoms with Gasteiger partial charge in [-0.2, -0.15) is 0 Å². The lowest BCUT2D eigenvalue weighted by Gasteiger charge is -2.16. The second-order valence-electron chi connectivity index (χ2n) is 6.42. The Morgan fingerprint density at radius 3 is 2.16 bits per heavy atom. The summed E-state index contributed by atoms with van der Waals surface area (Å²) in [7, 11) is 0. The molecule has 0 bridgehead atoms. The summed E-state index contributed by atoms with van der Waals surface area (Å²) >= 11 is 0. The number of carbonyl (C=O) groups excluding carboxylic acids is 1. The number of hydroxylamine groups is 1. The van der Waals surface area contributed by atoms with E-state index in [1.54, 1.807) is 6.92 Å². The van der Waals surface area contributed by atoms with Crippen molar-refractivity contribution in [1.82, 2.24) is 5.48 Å². The quantitative estimate of drug-likeness (QED) is 0.555. The summed E-state index contributed by atoms with van der Waals surface area (Å²) in [5, 5.41) is 17.6. The van der Waals surface area contributed by atoms with Gasteiger partial charge < -0.3 is 15.1 Å². The zero-order valence-corrected chi connectivity index (χ0v) is 14.7. The third-order valence-corrected chi connectivity index (χ3v) is 3.72. The van der Waals surface area contributed by atoms with Gasteiger partial charge in [0.1, 0.15) is 6.04 Å². The molecule has 0 aliphatic carbocycles. The summed E-state index contributed by atoms with van der Waals surface area (Å²) in [6.07, 6.45) is 0.426. The van der Waals surface area contributed by atoms with Gasteiger partial charge in [0.25, 0.3) is 0 Å². The van der Waals surface area contributed by atoms with Gasteiger partial charge in [-0.3, -0.25) is 9.59 Å². The Kier molecular flexibility index (Phi) is 8.07. The van der Waals surface area contributed by atoms with Gasteiger partial charge in [0.2, 0.25) is 0 Å². The van der Waals surface area contributed by atoms with Gasteiger partial charge in [0, 0.05) is 6.42 Å². The van der Waals surface area contributed by atoms with Gasteiger partial charge >= 0.3 is 17.9 Å². The topological polar surface area (TPSA) is 113 Å². The fraction of sp³-hybridized carbons (Fsp3) is 0.500. The molecule has 0 heterocycles. The Bertz CT molecular complexity index is 596. The Hall–Kier alpha value is -2.41. The van der Waals surface area contributed by atoms with Crippen LogP contribution >= 0.6 is 0 Å². The van der Waals surface area contributed by atoms with Crippen molar-refractivity contribution in [2.75, 3.05) is 0 Å². The summed E-state index contributed by atoms with van der Waals surface area (Å²) < 4.78 is 0. The van der Waals surface area contributed by atoms with Crippen molar-refractivity contribution >= 4 is 17.9 Å². The lowest BCUT2D eigenvalue weighted by Crippen LogP contribution is -2.39. The Balaban J connectivity index is 2.60. The standard InChI is InChI=1S/C18H25NO6/c1-11(2)10-13-4-6-14(7-5-13)12(3)18(24)25-19-15(17(22)23)8-9-16(20)21/h4-7,11-12,15,19H,8-10H2,1-3H3,(H,20,21)(H,22,23)/t12?,15-/m0/s1. The molecule has 0 saturated carbocycles. The van der Waals surface area contributed by atoms with E-state index in [1.165, 1.54) is 5.56 Å². The molecule has 138 valence electrons. The van der Waals surface area contributed by atoms with Crippen LogP contribution in [0.15, 0.2) is 24.3 Å². The van der Waals surface area contributed by atoms with Crippen molar-refractivity contribution in [3.8, 4) is 0 Å². The Labute approximate surface area is 147 Å². The van der Waals surface area contributed by atoms with Gasteiger partial charge in [-0.1, -0.05) is 38.1 Å². The number of nitrogens with one attached hydrogen (secondary N) is 1. The van der Waals surface area contributed by atoms with Crippen molar-refractivity contribution < 1.29 is 29.4 Å². The normalized spacial score (nSPS) is 13.3. The van der Waals surface area contributed by atoms with Crippen LogP contribution in [-0.4, -0.2) is 34.2 Å². The molecule has 0 aliphatic rings. The maximum absolute atomic E-state index is 12.1. The maximum Gasteiger partial charge on any atom is 0.331 e. The summed E-state index contributed by atoms with van der Waals surface area (Å²) in [5.41, 5.74) is 4.09. The summed E-state index contributed by atoms with van der Waals surface area (Å²) in [5.74, 6) is -3.06. The van der Waals surface area contributed by atoms with E-state index in [9.17, 15) is 14.4 Å². The number of hydrogen-bond donors (Lipinski definition) is 3. The van der Waals surface area contributed by atoms with Crippen LogP contribution in [-0.2, 0) is 25.6 Å². The third kappa shape index (κ3) is 7.34. The highest BCUT2D eigenvalue weighted by atomic mass is 16.7. The number of carbonyl (C=O) groups is 3. The van der Waals surface area contributed by atoms with E-state index in [0.717, 1.165) is 12.0 Å². The van der Waals surface area contributed by atoms with Crippen molar-refractivity contribution in [3.63, 3.8) is 0 Å². The molecule has 0 fully saturated rings. The Morgan fingerprint density at radius 1 is 1.08 bits per heavy atom. The fourth-order valence-electron chi connectivity index (χ4n) is 2.27. The number of rotatable bonds is 10. The molecular formula is C18H25NO6. The molecule has 7 nitrogen and oxygen atoms in total. The van der Waals surface area contributed by atoms with Crippen molar-refractivity contribution in [2.24, 2.45) is 5.92 Å². The van der Waals surface area contributed by atoms with Crippen LogP contribution in [0.5, 0.6) is 0 Å². The van der Waals surface area contributed by atoms with E-state index in [1.807, 2.05) is 24.3 Å². The van der Waals surface area contributed by atoms with E-state index < -0.39 is 29.9 Å². The molecule has 1 rings (SSSR count). The minimum atomic E-state index is -1.28. The number of aliphatic carboxylic acids is 2. The summed E-state index contributed by atoms with van der Waals surface area (Å²) in [6, 6.07) is 6.35. The highest BCUT2D eigenvalue weighted by Crippen LogP contribution is 2.18. The molecule has 7 heteroatoms. The SMILES string of the molecule is CC(C)Cc1ccc(C(C)C(=O)ON[C@@H](CCC(=O)O)C(=O)O)cc1. The molecule has 1 aromatic carbocycles. The molecule has 0 spiro atoms. The van der Waals surface area contributed by atoms with Crippen LogP contribution in [0.4, 0.5) is 0 Å². The first kappa shape index (κ1) is 20.6. The van der Waals surface area contributed by atoms with E-state index in [2.05, 4.69) is 19.3 Å². The molecule has 0 aromatic heterocycles. The lowest BCUT2D eigenvalue weighted by molar-refractivity contribution is -0.159. The molecule has 0 amide bonds. The highest BCUT2D eigenvalue weighted by Gasteiger charge is 2.23. The van der Waals surface area contributed by atoms with E-state index >= 15 is 0 Å². The first-order chi connectivity index (χ1) is 11.7. The predicted molar refractivity (Wildman–Crippen MR) is 90.9 cm³/mol. The number of benzene rings is 1. The molecule has 25 heavy (non-hydrogen) atoms. The van der Waals surface area contributed by atoms with E-state index in [0.29, 0.717) is 5.92 Å².